The summed E-state index contributed by atoms with van der Waals surface area (Å²) in [5, 5.41) is 24.7. The molecule has 0 aromatic heterocycles. The number of aliphatic hydroxyl groups is 1. The zero-order valence-corrected chi connectivity index (χ0v) is 31.8. The molecular formula is C39H75N3O7. The van der Waals surface area contributed by atoms with E-state index in [0.29, 0.717) is 25.8 Å². The fraction of sp³-hybridized carbons (Fsp3) is 0.897. The molecule has 2 amide bonds. The van der Waals surface area contributed by atoms with E-state index >= 15 is 0 Å². The Morgan fingerprint density at radius 1 is 0.592 bits per heavy atom. The van der Waals surface area contributed by atoms with E-state index in [2.05, 4.69) is 38.3 Å². The van der Waals surface area contributed by atoms with Gasteiger partial charge in [0, 0.05) is 0 Å². The van der Waals surface area contributed by atoms with Gasteiger partial charge in [-0.05, 0) is 50.5 Å². The molecule has 0 heterocycles. The highest BCUT2D eigenvalue weighted by Crippen LogP contribution is 2.18. The van der Waals surface area contributed by atoms with Crippen molar-refractivity contribution in [1.29, 1.82) is 0 Å². The molecule has 10 heteroatoms. The molecule has 6 N–H and O–H groups in total. The van der Waals surface area contributed by atoms with E-state index in [1.165, 1.54) is 77.0 Å². The second-order valence-corrected chi connectivity index (χ2v) is 14.9. The van der Waals surface area contributed by atoms with E-state index in [9.17, 15) is 29.4 Å². The Kier molecular flexibility index (Phi) is 30.3. The zero-order chi connectivity index (χ0) is 36.7. The Bertz CT molecular complexity index is 852. The van der Waals surface area contributed by atoms with Crippen LogP contribution in [-0.2, 0) is 23.9 Å². The highest BCUT2D eigenvalue weighted by Gasteiger charge is 2.24. The van der Waals surface area contributed by atoms with Crippen molar-refractivity contribution in [2.45, 2.75) is 200 Å². The van der Waals surface area contributed by atoms with Crippen molar-refractivity contribution in [3.05, 3.63) is 0 Å². The average Bonchev–Trinajstić information content (AvgIpc) is 3.04. The van der Waals surface area contributed by atoms with Gasteiger partial charge in [0.25, 0.3) is 0 Å². The number of hydrogen-bond donors (Lipinski definition) is 5. The summed E-state index contributed by atoms with van der Waals surface area (Å²) in [5.41, 5.74) is 5.45. The highest BCUT2D eigenvalue weighted by atomic mass is 16.6. The molecule has 0 bridgehead atoms. The normalized spacial score (nSPS) is 13.3. The van der Waals surface area contributed by atoms with E-state index in [-0.39, 0.29) is 19.4 Å². The minimum atomic E-state index is -1.23. The van der Waals surface area contributed by atoms with Crippen LogP contribution in [-0.4, -0.2) is 65.3 Å². The third-order valence-corrected chi connectivity index (χ3v) is 9.06. The smallest absolute Gasteiger partial charge is 0.335 e. The first-order valence-electron chi connectivity index (χ1n) is 19.8. The number of nitrogens with two attached hydrogens (primary N) is 1. The standard InChI is InChI=1S/C39H75N3O7/c1-31(2)23-18-14-10-6-5-7-12-16-20-25-33(29-36(44)41-30-37(45)42-34(38(46)47)26-22-28-40)49-39(48)35(43)27-21-17-13-9-8-11-15-19-24-32(3)4/h31-35,43H,5-30,40H2,1-4H3,(H,41,44)(H,42,45)(H,46,47)/t33?,34-,35?/m0/s1. The number of rotatable bonds is 34. The summed E-state index contributed by atoms with van der Waals surface area (Å²) in [6, 6.07) is -1.08. The molecule has 0 aliphatic heterocycles. The summed E-state index contributed by atoms with van der Waals surface area (Å²) in [7, 11) is 0. The topological polar surface area (TPSA) is 168 Å². The summed E-state index contributed by atoms with van der Waals surface area (Å²) in [4.78, 5) is 49.2. The van der Waals surface area contributed by atoms with Crippen LogP contribution in [0.4, 0.5) is 0 Å². The van der Waals surface area contributed by atoms with Crippen molar-refractivity contribution in [3.63, 3.8) is 0 Å². The maximum Gasteiger partial charge on any atom is 0.335 e. The van der Waals surface area contributed by atoms with Crippen LogP contribution in [0.1, 0.15) is 182 Å². The fourth-order valence-electron chi connectivity index (χ4n) is 5.96. The Labute approximate surface area is 298 Å². The minimum Gasteiger partial charge on any atom is -0.480 e. The van der Waals surface area contributed by atoms with E-state index in [4.69, 9.17) is 10.5 Å². The zero-order valence-electron chi connectivity index (χ0n) is 31.8. The van der Waals surface area contributed by atoms with Crippen molar-refractivity contribution in [2.24, 2.45) is 17.6 Å². The summed E-state index contributed by atoms with van der Waals surface area (Å²) in [5.74, 6) is -1.42. The number of carbonyl (C=O) groups is 4. The molecule has 10 nitrogen and oxygen atoms in total. The molecule has 0 aromatic rings. The molecule has 288 valence electrons. The van der Waals surface area contributed by atoms with Gasteiger partial charge in [0.05, 0.1) is 13.0 Å². The second-order valence-electron chi connectivity index (χ2n) is 14.9. The predicted octanol–water partition coefficient (Wildman–Crippen LogP) is 7.58. The van der Waals surface area contributed by atoms with E-state index in [1.54, 1.807) is 0 Å². The summed E-state index contributed by atoms with van der Waals surface area (Å²) >= 11 is 0. The average molecular weight is 698 g/mol. The van der Waals surface area contributed by atoms with Crippen LogP contribution in [0.2, 0.25) is 0 Å². The van der Waals surface area contributed by atoms with Crippen LogP contribution in [0.3, 0.4) is 0 Å². The van der Waals surface area contributed by atoms with Gasteiger partial charge in [-0.2, -0.15) is 0 Å². The van der Waals surface area contributed by atoms with Gasteiger partial charge < -0.3 is 31.3 Å². The van der Waals surface area contributed by atoms with E-state index in [1.807, 2.05) is 0 Å². The number of carboxylic acids is 1. The summed E-state index contributed by atoms with van der Waals surface area (Å²) < 4.78 is 5.64. The van der Waals surface area contributed by atoms with Crippen molar-refractivity contribution >= 4 is 23.8 Å². The van der Waals surface area contributed by atoms with Crippen LogP contribution in [0, 0.1) is 11.8 Å². The molecule has 2 unspecified atom stereocenters. The van der Waals surface area contributed by atoms with Gasteiger partial charge in [-0.1, -0.05) is 143 Å². The first-order chi connectivity index (χ1) is 23.5. The van der Waals surface area contributed by atoms with E-state index in [0.717, 1.165) is 56.8 Å². The molecule has 0 rings (SSSR count). The number of aliphatic hydroxyl groups excluding tert-OH is 1. The Hall–Kier alpha value is -2.20. The molecular weight excluding hydrogens is 622 g/mol. The third kappa shape index (κ3) is 30.4. The number of carbonyl (C=O) groups excluding carboxylic acids is 3. The molecule has 0 aliphatic rings. The number of ether oxygens (including phenoxy) is 1. The molecule has 0 aliphatic carbocycles. The van der Waals surface area contributed by atoms with Crippen molar-refractivity contribution < 1.29 is 34.1 Å². The molecule has 0 saturated carbocycles. The van der Waals surface area contributed by atoms with Crippen LogP contribution in [0.15, 0.2) is 0 Å². The van der Waals surface area contributed by atoms with Gasteiger partial charge in [0.15, 0.2) is 6.10 Å². The number of amides is 2. The summed E-state index contributed by atoms with van der Waals surface area (Å²) in [6.07, 6.45) is 21.3. The molecule has 0 fully saturated rings. The number of carboxylic acid groups (broad SMARTS) is 1. The Balaban J connectivity index is 4.66. The van der Waals surface area contributed by atoms with Crippen LogP contribution in [0.25, 0.3) is 0 Å². The minimum absolute atomic E-state index is 0.130. The molecule has 0 spiro atoms. The van der Waals surface area contributed by atoms with Gasteiger partial charge in [0.1, 0.15) is 12.1 Å². The van der Waals surface area contributed by atoms with Gasteiger partial charge >= 0.3 is 11.9 Å². The monoisotopic (exact) mass is 698 g/mol. The molecule has 0 saturated heterocycles. The van der Waals surface area contributed by atoms with Crippen molar-refractivity contribution in [3.8, 4) is 0 Å². The van der Waals surface area contributed by atoms with Gasteiger partial charge in [-0.25, -0.2) is 9.59 Å². The molecule has 0 radical (unpaired) electrons. The Morgan fingerprint density at radius 2 is 1.02 bits per heavy atom. The lowest BCUT2D eigenvalue weighted by Crippen LogP contribution is -2.46. The number of aliphatic carboxylic acids is 1. The van der Waals surface area contributed by atoms with Gasteiger partial charge in [0.2, 0.25) is 11.8 Å². The molecule has 49 heavy (non-hydrogen) atoms. The van der Waals surface area contributed by atoms with Gasteiger partial charge in [-0.3, -0.25) is 9.59 Å². The summed E-state index contributed by atoms with van der Waals surface area (Å²) in [6.45, 7) is 8.98. The van der Waals surface area contributed by atoms with Crippen LogP contribution >= 0.6 is 0 Å². The predicted molar refractivity (Wildman–Crippen MR) is 198 cm³/mol. The maximum atomic E-state index is 12.8. The molecule has 3 atom stereocenters. The number of unbranched alkanes of at least 4 members (excludes halogenated alkanes) is 15. The number of hydrogen-bond acceptors (Lipinski definition) is 7. The lowest BCUT2D eigenvalue weighted by Gasteiger charge is -2.20. The van der Waals surface area contributed by atoms with E-state index < -0.39 is 42.0 Å². The van der Waals surface area contributed by atoms with Crippen LogP contribution in [0.5, 0.6) is 0 Å². The Morgan fingerprint density at radius 3 is 1.45 bits per heavy atom. The lowest BCUT2D eigenvalue weighted by atomic mass is 10.0. The fourth-order valence-corrected chi connectivity index (χ4v) is 5.96. The maximum absolute atomic E-state index is 12.8. The van der Waals surface area contributed by atoms with Gasteiger partial charge in [-0.15, -0.1) is 0 Å². The first kappa shape index (κ1) is 46.8. The lowest BCUT2D eigenvalue weighted by molar-refractivity contribution is -0.161. The highest BCUT2D eigenvalue weighted by molar-refractivity contribution is 5.88. The quantitative estimate of drug-likeness (QED) is 0.0339. The largest absolute Gasteiger partial charge is 0.480 e. The van der Waals surface area contributed by atoms with Crippen LogP contribution < -0.4 is 16.4 Å². The van der Waals surface area contributed by atoms with Crippen molar-refractivity contribution in [2.75, 3.05) is 13.1 Å². The number of esters is 1. The second kappa shape index (κ2) is 31.8. The molecule has 0 aromatic carbocycles. The van der Waals surface area contributed by atoms with Crippen molar-refractivity contribution in [1.82, 2.24) is 10.6 Å². The SMILES string of the molecule is CC(C)CCCCCCCCCCCC(CC(=O)NCC(=O)N[C@@H](CCCN)C(=O)O)OC(=O)C(O)CCCCCCCCCCC(C)C. The number of nitrogens with one attached hydrogen (secondary N) is 2. The first-order valence-corrected chi connectivity index (χ1v) is 19.8. The third-order valence-electron chi connectivity index (χ3n) is 9.06.